The molecule has 0 radical (unpaired) electrons. The molecule has 0 bridgehead atoms. The lowest BCUT2D eigenvalue weighted by Crippen LogP contribution is -2.39. The second kappa shape index (κ2) is 9.83. The molecule has 1 aliphatic heterocycles. The van der Waals surface area contributed by atoms with Crippen LogP contribution in [0.3, 0.4) is 0 Å². The molecule has 1 N–H and O–H groups in total. The molecule has 0 spiro atoms. The third-order valence-corrected chi connectivity index (χ3v) is 5.63. The predicted molar refractivity (Wildman–Crippen MR) is 120 cm³/mol. The van der Waals surface area contributed by atoms with E-state index in [0.717, 1.165) is 37.9 Å². The average Bonchev–Trinajstić information content (AvgIpc) is 2.76. The minimum absolute atomic E-state index is 0.0784. The van der Waals surface area contributed by atoms with E-state index in [2.05, 4.69) is 50.5 Å². The highest BCUT2D eigenvalue weighted by molar-refractivity contribution is 6.29. The lowest BCUT2D eigenvalue weighted by atomic mass is 9.90. The normalized spacial score (nSPS) is 15.1. The first kappa shape index (κ1) is 20.5. The molecular formula is C24H25ClN4O. The first-order chi connectivity index (χ1) is 14.7. The van der Waals surface area contributed by atoms with Gasteiger partial charge in [-0.2, -0.15) is 0 Å². The zero-order valence-electron chi connectivity index (χ0n) is 16.8. The topological polar surface area (TPSA) is 58.1 Å². The minimum Gasteiger partial charge on any atom is -0.309 e. The van der Waals surface area contributed by atoms with Crippen LogP contribution in [-0.4, -0.2) is 40.4 Å². The van der Waals surface area contributed by atoms with Crippen molar-refractivity contribution < 1.29 is 4.79 Å². The summed E-state index contributed by atoms with van der Waals surface area (Å²) in [6, 6.07) is 21.8. The minimum atomic E-state index is -0.0784. The summed E-state index contributed by atoms with van der Waals surface area (Å²) in [5, 5.41) is 3.18. The lowest BCUT2D eigenvalue weighted by molar-refractivity contribution is -0.117. The third kappa shape index (κ3) is 5.65. The smallest absolute Gasteiger partial charge is 0.239 e. The second-order valence-corrected chi connectivity index (χ2v) is 8.11. The molecule has 5 nitrogen and oxygen atoms in total. The van der Waals surface area contributed by atoms with Gasteiger partial charge in [-0.1, -0.05) is 72.3 Å². The van der Waals surface area contributed by atoms with Crippen LogP contribution in [0.1, 0.15) is 18.4 Å². The van der Waals surface area contributed by atoms with Crippen LogP contribution in [0.4, 0.5) is 5.82 Å². The number of carbonyl (C=O) groups excluding carboxylic acids is 1. The maximum absolute atomic E-state index is 12.6. The molecule has 1 saturated heterocycles. The van der Waals surface area contributed by atoms with Gasteiger partial charge < -0.3 is 5.32 Å². The van der Waals surface area contributed by atoms with Gasteiger partial charge in [0.2, 0.25) is 5.91 Å². The van der Waals surface area contributed by atoms with E-state index in [9.17, 15) is 4.79 Å². The van der Waals surface area contributed by atoms with Crippen molar-refractivity contribution in [3.05, 3.63) is 77.4 Å². The van der Waals surface area contributed by atoms with Gasteiger partial charge in [0.05, 0.1) is 6.54 Å². The highest BCUT2D eigenvalue weighted by Crippen LogP contribution is 2.22. The number of hydrogen-bond acceptors (Lipinski definition) is 4. The second-order valence-electron chi connectivity index (χ2n) is 7.72. The quantitative estimate of drug-likeness (QED) is 0.588. The van der Waals surface area contributed by atoms with Crippen molar-refractivity contribution >= 4 is 23.3 Å². The van der Waals surface area contributed by atoms with Gasteiger partial charge in [0, 0.05) is 11.6 Å². The largest absolute Gasteiger partial charge is 0.309 e. The van der Waals surface area contributed by atoms with Crippen LogP contribution in [0.5, 0.6) is 0 Å². The molecule has 6 heteroatoms. The number of hydrogen-bond donors (Lipinski definition) is 1. The van der Waals surface area contributed by atoms with Crippen LogP contribution in [0.2, 0.25) is 5.15 Å². The Morgan fingerprint density at radius 2 is 1.67 bits per heavy atom. The van der Waals surface area contributed by atoms with Crippen LogP contribution in [0, 0.1) is 5.92 Å². The molecule has 1 amide bonds. The Balaban J connectivity index is 1.30. The number of amides is 1. The van der Waals surface area contributed by atoms with E-state index in [4.69, 9.17) is 11.6 Å². The van der Waals surface area contributed by atoms with Crippen LogP contribution in [0.25, 0.3) is 11.4 Å². The Hall–Kier alpha value is -2.76. The van der Waals surface area contributed by atoms with Crippen LogP contribution < -0.4 is 5.32 Å². The molecule has 154 valence electrons. The number of rotatable bonds is 6. The first-order valence-corrected chi connectivity index (χ1v) is 10.7. The molecular weight excluding hydrogens is 396 g/mol. The van der Waals surface area contributed by atoms with Gasteiger partial charge >= 0.3 is 0 Å². The molecule has 0 unspecified atom stereocenters. The molecule has 4 rings (SSSR count). The van der Waals surface area contributed by atoms with E-state index in [-0.39, 0.29) is 5.91 Å². The summed E-state index contributed by atoms with van der Waals surface area (Å²) >= 11 is 6.14. The van der Waals surface area contributed by atoms with Crippen molar-refractivity contribution in [1.82, 2.24) is 14.9 Å². The molecule has 0 aliphatic carbocycles. The standard InChI is InChI=1S/C24H25ClN4O/c25-21-16-22(28-24(26-21)20-9-5-2-6-10-20)27-23(30)17-29-13-11-19(12-14-29)15-18-7-3-1-4-8-18/h1-10,16,19H,11-15,17H2,(H,26,27,28,30). The lowest BCUT2D eigenvalue weighted by Gasteiger charge is -2.31. The van der Waals surface area contributed by atoms with Crippen molar-refractivity contribution in [3.8, 4) is 11.4 Å². The Labute approximate surface area is 182 Å². The molecule has 1 aromatic heterocycles. The molecule has 3 aromatic rings. The van der Waals surface area contributed by atoms with Gasteiger partial charge in [-0.3, -0.25) is 9.69 Å². The fourth-order valence-electron chi connectivity index (χ4n) is 3.88. The third-order valence-electron chi connectivity index (χ3n) is 5.44. The fourth-order valence-corrected chi connectivity index (χ4v) is 4.06. The SMILES string of the molecule is O=C(CN1CCC(Cc2ccccc2)CC1)Nc1cc(Cl)nc(-c2ccccc2)n1. The Kier molecular flexibility index (Phi) is 6.72. The van der Waals surface area contributed by atoms with Gasteiger partial charge in [0.25, 0.3) is 0 Å². The van der Waals surface area contributed by atoms with Gasteiger partial charge in [0.15, 0.2) is 5.82 Å². The summed E-state index contributed by atoms with van der Waals surface area (Å²) in [4.78, 5) is 23.5. The average molecular weight is 421 g/mol. The molecule has 2 aromatic carbocycles. The van der Waals surface area contributed by atoms with Gasteiger partial charge in [-0.15, -0.1) is 0 Å². The number of carbonyl (C=O) groups is 1. The summed E-state index contributed by atoms with van der Waals surface area (Å²) in [6.07, 6.45) is 3.34. The van der Waals surface area contributed by atoms with Gasteiger partial charge in [0.1, 0.15) is 11.0 Å². The van der Waals surface area contributed by atoms with Crippen molar-refractivity contribution in [2.24, 2.45) is 5.92 Å². The van der Waals surface area contributed by atoms with Crippen molar-refractivity contribution in [2.75, 3.05) is 25.0 Å². The molecule has 0 saturated carbocycles. The number of halogens is 1. The zero-order chi connectivity index (χ0) is 20.8. The van der Waals surface area contributed by atoms with Gasteiger partial charge in [-0.25, -0.2) is 9.97 Å². The van der Waals surface area contributed by atoms with E-state index >= 15 is 0 Å². The summed E-state index contributed by atoms with van der Waals surface area (Å²) in [5.74, 6) is 1.53. The predicted octanol–water partition coefficient (Wildman–Crippen LogP) is 4.69. The van der Waals surface area contributed by atoms with E-state index in [1.165, 1.54) is 5.56 Å². The Morgan fingerprint density at radius 1 is 1.00 bits per heavy atom. The number of anilines is 1. The zero-order valence-corrected chi connectivity index (χ0v) is 17.6. The van der Waals surface area contributed by atoms with E-state index in [1.54, 1.807) is 6.07 Å². The molecule has 2 heterocycles. The van der Waals surface area contributed by atoms with E-state index in [0.29, 0.717) is 29.3 Å². The molecule has 0 atom stereocenters. The summed E-state index contributed by atoms with van der Waals surface area (Å²) < 4.78 is 0. The monoisotopic (exact) mass is 420 g/mol. The molecule has 30 heavy (non-hydrogen) atoms. The highest BCUT2D eigenvalue weighted by atomic mass is 35.5. The highest BCUT2D eigenvalue weighted by Gasteiger charge is 2.21. The van der Waals surface area contributed by atoms with Crippen molar-refractivity contribution in [2.45, 2.75) is 19.3 Å². The number of benzene rings is 2. The van der Waals surface area contributed by atoms with Crippen molar-refractivity contribution in [1.29, 1.82) is 0 Å². The maximum Gasteiger partial charge on any atom is 0.239 e. The van der Waals surface area contributed by atoms with Gasteiger partial charge in [-0.05, 0) is 43.8 Å². The van der Waals surface area contributed by atoms with Crippen LogP contribution >= 0.6 is 11.6 Å². The maximum atomic E-state index is 12.6. The molecule has 1 aliphatic rings. The van der Waals surface area contributed by atoms with Crippen LogP contribution in [0.15, 0.2) is 66.7 Å². The van der Waals surface area contributed by atoms with Crippen LogP contribution in [-0.2, 0) is 11.2 Å². The summed E-state index contributed by atoms with van der Waals surface area (Å²) in [7, 11) is 0. The van der Waals surface area contributed by atoms with E-state index < -0.39 is 0 Å². The Bertz CT molecular complexity index is 973. The summed E-state index contributed by atoms with van der Waals surface area (Å²) in [5.41, 5.74) is 2.25. The Morgan fingerprint density at radius 3 is 2.37 bits per heavy atom. The number of likely N-dealkylation sites (tertiary alicyclic amines) is 1. The molecule has 1 fully saturated rings. The summed E-state index contributed by atoms with van der Waals surface area (Å²) in [6.45, 7) is 2.23. The number of nitrogens with one attached hydrogen (secondary N) is 1. The fraction of sp³-hybridized carbons (Fsp3) is 0.292. The van der Waals surface area contributed by atoms with Crippen molar-refractivity contribution in [3.63, 3.8) is 0 Å². The number of piperidine rings is 1. The number of nitrogens with zero attached hydrogens (tertiary/aromatic N) is 3. The van der Waals surface area contributed by atoms with E-state index in [1.807, 2.05) is 30.3 Å². The first-order valence-electron chi connectivity index (χ1n) is 10.3. The number of aromatic nitrogens is 2.